The van der Waals surface area contributed by atoms with Crippen molar-refractivity contribution in [2.45, 2.75) is 6.04 Å². The maximum Gasteiger partial charge on any atom is 0.272 e. The molecule has 0 saturated heterocycles. The number of likely N-dealkylation sites (N-methyl/N-ethyl adjacent to an activating group) is 1. The molecule has 0 aliphatic heterocycles. The van der Waals surface area contributed by atoms with Gasteiger partial charge in [-0.25, -0.2) is 4.98 Å². The van der Waals surface area contributed by atoms with Crippen molar-refractivity contribution < 1.29 is 14.4 Å². The largest absolute Gasteiger partial charge is 0.340 e. The van der Waals surface area contributed by atoms with Crippen LogP contribution in [0.2, 0.25) is 5.02 Å². The molecule has 0 spiro atoms. The molecule has 1 atom stereocenters. The Kier molecular flexibility index (Phi) is 6.36. The fourth-order valence-corrected chi connectivity index (χ4v) is 2.01. The minimum atomic E-state index is -0.709. The molecule has 0 aromatic carbocycles. The van der Waals surface area contributed by atoms with Gasteiger partial charge in [0.15, 0.2) is 0 Å². The second kappa shape index (κ2) is 7.54. The predicted molar refractivity (Wildman–Crippen MR) is 73.9 cm³/mol. The van der Waals surface area contributed by atoms with E-state index < -0.39 is 11.9 Å². The number of nitrogens with zero attached hydrogens (tertiary/aromatic N) is 2. The lowest BCUT2D eigenvalue weighted by Crippen LogP contribution is -2.43. The van der Waals surface area contributed by atoms with Gasteiger partial charge in [0, 0.05) is 17.7 Å². The summed E-state index contributed by atoms with van der Waals surface area (Å²) in [6, 6.07) is 0.847. The molecule has 0 unspecified atom stereocenters. The minimum absolute atomic E-state index is 0.0665. The highest BCUT2D eigenvalue weighted by Gasteiger charge is 2.18. The van der Waals surface area contributed by atoms with Crippen LogP contribution in [0.3, 0.4) is 0 Å². The van der Waals surface area contributed by atoms with Crippen LogP contribution in [0, 0.1) is 0 Å². The van der Waals surface area contributed by atoms with Gasteiger partial charge >= 0.3 is 0 Å². The lowest BCUT2D eigenvalue weighted by atomic mass is 10.2. The summed E-state index contributed by atoms with van der Waals surface area (Å²) in [4.78, 5) is 31.6. The van der Waals surface area contributed by atoms with E-state index in [1.807, 2.05) is 0 Å². The lowest BCUT2D eigenvalue weighted by molar-refractivity contribution is -0.124. The Morgan fingerprint density at radius 2 is 2.42 bits per heavy atom. The summed E-state index contributed by atoms with van der Waals surface area (Å²) in [6.45, 7) is 0.222. The Labute approximate surface area is 124 Å². The highest BCUT2D eigenvalue weighted by molar-refractivity contribution is 9.10. The lowest BCUT2D eigenvalue weighted by Gasteiger charge is -2.19. The number of aldehydes is 1. The van der Waals surface area contributed by atoms with Crippen molar-refractivity contribution in [1.29, 1.82) is 0 Å². The Hall–Kier alpha value is -1.02. The van der Waals surface area contributed by atoms with Crippen LogP contribution in [0.4, 0.5) is 0 Å². The number of carbonyl (C=O) groups excluding carboxylic acids is 2. The Balaban J connectivity index is 2.74. The quantitative estimate of drug-likeness (QED) is 0.618. The topological polar surface area (TPSA) is 71.5 Å². The third kappa shape index (κ3) is 4.87. The van der Waals surface area contributed by atoms with Gasteiger partial charge in [0.1, 0.15) is 12.0 Å². The molecule has 0 aliphatic carbocycles. The highest BCUT2D eigenvalue weighted by atomic mass is 79.9. The van der Waals surface area contributed by atoms with E-state index in [1.54, 1.807) is 13.1 Å². The second-order valence-corrected chi connectivity index (χ2v) is 5.02. The van der Waals surface area contributed by atoms with Crippen LogP contribution in [0.25, 0.3) is 0 Å². The summed E-state index contributed by atoms with van der Waals surface area (Å²) in [7, 11) is 3.12. The van der Waals surface area contributed by atoms with Crippen LogP contribution in [0.5, 0.6) is 0 Å². The summed E-state index contributed by atoms with van der Waals surface area (Å²) in [5.74, 6) is -0.515. The van der Waals surface area contributed by atoms with Crippen LogP contribution in [0.1, 0.15) is 10.5 Å². The maximum atomic E-state index is 11.9. The molecule has 0 aliphatic rings. The highest BCUT2D eigenvalue weighted by Crippen LogP contribution is 2.18. The molecule has 0 radical (unpaired) electrons. The van der Waals surface area contributed by atoms with Gasteiger partial charge in [-0.15, -0.1) is 0 Å². The fraction of sp³-hybridized carbons (Fsp3) is 0.364. The Morgan fingerprint density at radius 3 is 2.95 bits per heavy atom. The summed E-state index contributed by atoms with van der Waals surface area (Å²) in [5, 5.41) is 4.15. The van der Waals surface area contributed by atoms with E-state index in [-0.39, 0.29) is 17.3 Å². The SMILES string of the molecule is CON(C)C[C@@H](C=O)NC(=O)c1ncc(Br)cc1Cl. The van der Waals surface area contributed by atoms with Crippen molar-refractivity contribution in [2.75, 3.05) is 20.7 Å². The van der Waals surface area contributed by atoms with E-state index in [2.05, 4.69) is 26.2 Å². The first-order chi connectivity index (χ1) is 8.97. The molecule has 6 nitrogen and oxygen atoms in total. The van der Waals surface area contributed by atoms with Gasteiger partial charge in [-0.3, -0.25) is 4.79 Å². The van der Waals surface area contributed by atoms with E-state index in [1.165, 1.54) is 18.4 Å². The molecule has 104 valence electrons. The van der Waals surface area contributed by atoms with E-state index in [0.717, 1.165) is 0 Å². The van der Waals surface area contributed by atoms with Crippen molar-refractivity contribution in [1.82, 2.24) is 15.4 Å². The smallest absolute Gasteiger partial charge is 0.272 e. The molecule has 1 heterocycles. The zero-order chi connectivity index (χ0) is 14.4. The van der Waals surface area contributed by atoms with Crippen LogP contribution < -0.4 is 5.32 Å². The third-order valence-corrected chi connectivity index (χ3v) is 2.99. The molecule has 1 aromatic heterocycles. The molecule has 19 heavy (non-hydrogen) atoms. The molecule has 1 rings (SSSR count). The number of aromatic nitrogens is 1. The van der Waals surface area contributed by atoms with Gasteiger partial charge in [-0.05, 0) is 22.0 Å². The average molecular weight is 351 g/mol. The molecule has 0 fully saturated rings. The molecular weight excluding hydrogens is 337 g/mol. The van der Waals surface area contributed by atoms with Crippen molar-refractivity contribution in [3.63, 3.8) is 0 Å². The van der Waals surface area contributed by atoms with Gasteiger partial charge < -0.3 is 14.9 Å². The van der Waals surface area contributed by atoms with Gasteiger partial charge in [0.2, 0.25) is 0 Å². The zero-order valence-electron chi connectivity index (χ0n) is 10.4. The molecule has 0 bridgehead atoms. The molecule has 1 N–H and O–H groups in total. The molecule has 1 aromatic rings. The van der Waals surface area contributed by atoms with Crippen LogP contribution in [-0.4, -0.2) is 49.0 Å². The third-order valence-electron chi connectivity index (χ3n) is 2.27. The first kappa shape index (κ1) is 16.0. The summed E-state index contributed by atoms with van der Waals surface area (Å²) >= 11 is 9.10. The van der Waals surface area contributed by atoms with Crippen molar-refractivity contribution in [3.05, 3.63) is 27.5 Å². The molecule has 0 saturated carbocycles. The minimum Gasteiger partial charge on any atom is -0.340 e. The van der Waals surface area contributed by atoms with Crippen LogP contribution in [-0.2, 0) is 9.63 Å². The van der Waals surface area contributed by atoms with E-state index in [9.17, 15) is 9.59 Å². The number of rotatable bonds is 6. The number of carbonyl (C=O) groups is 2. The number of amides is 1. The van der Waals surface area contributed by atoms with E-state index in [0.29, 0.717) is 10.8 Å². The van der Waals surface area contributed by atoms with E-state index >= 15 is 0 Å². The standard InChI is InChI=1S/C11H13BrClN3O3/c1-16(19-2)5-8(6-17)15-11(18)10-9(13)3-7(12)4-14-10/h3-4,6,8H,5H2,1-2H3,(H,15,18)/t8-/m0/s1. The maximum absolute atomic E-state index is 11.9. The average Bonchev–Trinajstić information content (AvgIpc) is 2.37. The number of hydrogen-bond donors (Lipinski definition) is 1. The van der Waals surface area contributed by atoms with Crippen LogP contribution >= 0.6 is 27.5 Å². The van der Waals surface area contributed by atoms with Crippen molar-refractivity contribution in [2.24, 2.45) is 0 Å². The first-order valence-corrected chi connectivity index (χ1v) is 6.47. The van der Waals surface area contributed by atoms with E-state index in [4.69, 9.17) is 16.4 Å². The normalized spacial score (nSPS) is 12.3. The molecule has 1 amide bonds. The number of pyridine rings is 1. The Bertz CT molecular complexity index is 472. The summed E-state index contributed by atoms with van der Waals surface area (Å²) in [5.41, 5.74) is 0.0665. The summed E-state index contributed by atoms with van der Waals surface area (Å²) in [6.07, 6.45) is 2.08. The van der Waals surface area contributed by atoms with Gasteiger partial charge in [-0.2, -0.15) is 5.06 Å². The first-order valence-electron chi connectivity index (χ1n) is 5.30. The van der Waals surface area contributed by atoms with Crippen molar-refractivity contribution >= 4 is 39.7 Å². The zero-order valence-corrected chi connectivity index (χ0v) is 12.7. The Morgan fingerprint density at radius 1 is 1.74 bits per heavy atom. The molecule has 8 heteroatoms. The number of nitrogens with one attached hydrogen (secondary N) is 1. The van der Waals surface area contributed by atoms with Gasteiger partial charge in [0.05, 0.1) is 24.7 Å². The van der Waals surface area contributed by atoms with Gasteiger partial charge in [0.25, 0.3) is 5.91 Å². The number of halogens is 2. The van der Waals surface area contributed by atoms with Crippen molar-refractivity contribution in [3.8, 4) is 0 Å². The molecular formula is C11H13BrClN3O3. The monoisotopic (exact) mass is 349 g/mol. The number of hydrogen-bond acceptors (Lipinski definition) is 5. The van der Waals surface area contributed by atoms with Crippen LogP contribution in [0.15, 0.2) is 16.7 Å². The number of hydroxylamine groups is 2. The predicted octanol–water partition coefficient (Wildman–Crippen LogP) is 1.29. The summed E-state index contributed by atoms with van der Waals surface area (Å²) < 4.78 is 0.667. The van der Waals surface area contributed by atoms with Gasteiger partial charge in [-0.1, -0.05) is 11.6 Å². The fourth-order valence-electron chi connectivity index (χ4n) is 1.29. The second-order valence-electron chi connectivity index (χ2n) is 3.69.